The zero-order chi connectivity index (χ0) is 15.5. The fourth-order valence-corrected chi connectivity index (χ4v) is 3.49. The summed E-state index contributed by atoms with van der Waals surface area (Å²) in [5, 5.41) is 0. The number of ketones is 1. The minimum atomic E-state index is -1.77. The molecule has 0 bridgehead atoms. The molecule has 3 nitrogen and oxygen atoms in total. The van der Waals surface area contributed by atoms with Crippen molar-refractivity contribution in [2.24, 2.45) is 0 Å². The van der Waals surface area contributed by atoms with Gasteiger partial charge in [0.15, 0.2) is 11.1 Å². The van der Waals surface area contributed by atoms with Gasteiger partial charge in [-0.3, -0.25) is 4.79 Å². The van der Waals surface area contributed by atoms with Crippen LogP contribution in [0.2, 0.25) is 0 Å². The summed E-state index contributed by atoms with van der Waals surface area (Å²) in [5.41, 5.74) is 1.51. The van der Waals surface area contributed by atoms with Gasteiger partial charge in [-0.1, -0.05) is 48.0 Å². The van der Waals surface area contributed by atoms with Crippen molar-refractivity contribution in [2.45, 2.75) is 15.2 Å². The molecule has 0 fully saturated rings. The van der Waals surface area contributed by atoms with Crippen molar-refractivity contribution in [1.82, 2.24) is 0 Å². The number of aryl methyl sites for hydroxylation is 1. The number of benzene rings is 2. The first-order valence-electron chi connectivity index (χ1n) is 6.06. The van der Waals surface area contributed by atoms with E-state index in [9.17, 15) is 9.00 Å². The van der Waals surface area contributed by atoms with Crippen molar-refractivity contribution in [3.8, 4) is 0 Å². The molecule has 1 atom stereocenters. The summed E-state index contributed by atoms with van der Waals surface area (Å²) >= 11 is 4.53. The molecule has 0 aliphatic heterocycles. The lowest BCUT2D eigenvalue weighted by molar-refractivity contribution is 0.0885. The number of rotatable bonds is 5. The molecular weight excluding hydrogens is 420 g/mol. The fourth-order valence-electron chi connectivity index (χ4n) is 1.59. The number of Topliss-reactive ketones (excluding diaryl/α,β-unsaturated/α-hetero) is 1. The predicted molar refractivity (Wildman–Crippen MR) is 90.0 cm³/mol. The van der Waals surface area contributed by atoms with Gasteiger partial charge in [0.2, 0.25) is 5.78 Å². The maximum absolute atomic E-state index is 12.3. The van der Waals surface area contributed by atoms with Crippen LogP contribution in [0.15, 0.2) is 59.5 Å². The van der Waals surface area contributed by atoms with E-state index in [0.717, 1.165) is 5.56 Å². The summed E-state index contributed by atoms with van der Waals surface area (Å²) in [4.78, 5) is 12.8. The standard InChI is InChI=1S/C15H12Br2O3S/c1-11-7-9-13(10-8-11)21(19)20-15(16,17)14(18)12-5-3-2-4-6-12/h2-10H,1H3. The van der Waals surface area contributed by atoms with Crippen LogP contribution in [-0.2, 0) is 15.3 Å². The topological polar surface area (TPSA) is 43.4 Å². The molecule has 2 aromatic carbocycles. The van der Waals surface area contributed by atoms with E-state index in [4.69, 9.17) is 4.18 Å². The molecule has 6 heteroatoms. The maximum Gasteiger partial charge on any atom is 0.256 e. The molecule has 0 heterocycles. The Labute approximate surface area is 142 Å². The monoisotopic (exact) mass is 430 g/mol. The Kier molecular flexibility index (Phi) is 5.48. The molecule has 2 aromatic rings. The fraction of sp³-hybridized carbons (Fsp3) is 0.133. The molecule has 1 unspecified atom stereocenters. The first-order chi connectivity index (χ1) is 9.90. The van der Waals surface area contributed by atoms with Gasteiger partial charge in [0.25, 0.3) is 3.42 Å². The van der Waals surface area contributed by atoms with E-state index in [0.29, 0.717) is 10.5 Å². The Balaban J connectivity index is 2.15. The minimum Gasteiger partial charge on any atom is -0.289 e. The molecule has 21 heavy (non-hydrogen) atoms. The second kappa shape index (κ2) is 6.96. The Morgan fingerprint density at radius 1 is 1.05 bits per heavy atom. The summed E-state index contributed by atoms with van der Waals surface area (Å²) in [6, 6.07) is 15.7. The molecule has 0 aromatic heterocycles. The number of alkyl halides is 2. The normalized spacial score (nSPS) is 12.9. The summed E-state index contributed by atoms with van der Waals surface area (Å²) in [7, 11) is 0. The summed E-state index contributed by atoms with van der Waals surface area (Å²) in [6.45, 7) is 1.94. The SMILES string of the molecule is Cc1ccc(S(=O)OC(Br)(Br)C(=O)c2ccccc2)cc1. The Morgan fingerprint density at radius 2 is 1.62 bits per heavy atom. The lowest BCUT2D eigenvalue weighted by Gasteiger charge is -2.18. The molecule has 0 saturated heterocycles. The quantitative estimate of drug-likeness (QED) is 0.521. The molecular formula is C15H12Br2O3S. The van der Waals surface area contributed by atoms with E-state index >= 15 is 0 Å². The van der Waals surface area contributed by atoms with Crippen molar-refractivity contribution < 1.29 is 13.2 Å². The zero-order valence-corrected chi connectivity index (χ0v) is 15.1. The van der Waals surface area contributed by atoms with Crippen LogP contribution in [0.5, 0.6) is 0 Å². The average Bonchev–Trinajstić information content (AvgIpc) is 2.47. The summed E-state index contributed by atoms with van der Waals surface area (Å²) in [6.07, 6.45) is 0. The van der Waals surface area contributed by atoms with Gasteiger partial charge >= 0.3 is 0 Å². The third-order valence-electron chi connectivity index (χ3n) is 2.69. The van der Waals surface area contributed by atoms with E-state index < -0.39 is 14.5 Å². The summed E-state index contributed by atoms with van der Waals surface area (Å²) < 4.78 is 16.0. The van der Waals surface area contributed by atoms with Gasteiger partial charge in [-0.05, 0) is 50.9 Å². The minimum absolute atomic E-state index is 0.358. The Morgan fingerprint density at radius 3 is 2.19 bits per heavy atom. The van der Waals surface area contributed by atoms with Gasteiger partial charge in [-0.25, -0.2) is 8.39 Å². The highest BCUT2D eigenvalue weighted by atomic mass is 79.9. The van der Waals surface area contributed by atoms with Gasteiger partial charge in [0.1, 0.15) is 0 Å². The number of halogens is 2. The van der Waals surface area contributed by atoms with E-state index in [-0.39, 0.29) is 5.78 Å². The van der Waals surface area contributed by atoms with Crippen molar-refractivity contribution in [2.75, 3.05) is 0 Å². The molecule has 0 radical (unpaired) electrons. The van der Waals surface area contributed by atoms with Crippen LogP contribution in [0.4, 0.5) is 0 Å². The third-order valence-corrected chi connectivity index (χ3v) is 5.23. The van der Waals surface area contributed by atoms with Crippen molar-refractivity contribution in [3.63, 3.8) is 0 Å². The van der Waals surface area contributed by atoms with Crippen LogP contribution < -0.4 is 0 Å². The lowest BCUT2D eigenvalue weighted by atomic mass is 10.1. The highest BCUT2D eigenvalue weighted by Crippen LogP contribution is 2.34. The molecule has 110 valence electrons. The molecule has 0 aliphatic rings. The van der Waals surface area contributed by atoms with Gasteiger partial charge in [0, 0.05) is 5.56 Å². The average molecular weight is 432 g/mol. The first kappa shape index (κ1) is 16.5. The molecule has 0 N–H and O–H groups in total. The van der Waals surface area contributed by atoms with Gasteiger partial charge < -0.3 is 0 Å². The van der Waals surface area contributed by atoms with Crippen LogP contribution in [0.25, 0.3) is 0 Å². The van der Waals surface area contributed by atoms with Crippen LogP contribution >= 0.6 is 31.9 Å². The molecule has 0 aliphatic carbocycles. The largest absolute Gasteiger partial charge is 0.289 e. The van der Waals surface area contributed by atoms with E-state index in [1.165, 1.54) is 0 Å². The van der Waals surface area contributed by atoms with Gasteiger partial charge in [-0.15, -0.1) is 0 Å². The number of carbonyl (C=O) groups is 1. The van der Waals surface area contributed by atoms with Crippen LogP contribution in [0, 0.1) is 6.92 Å². The van der Waals surface area contributed by atoms with Crippen LogP contribution in [0.3, 0.4) is 0 Å². The number of carbonyl (C=O) groups excluding carboxylic acids is 1. The molecule has 0 saturated carbocycles. The predicted octanol–water partition coefficient (Wildman–Crippen LogP) is 4.36. The maximum atomic E-state index is 12.3. The van der Waals surface area contributed by atoms with Crippen LogP contribution in [0.1, 0.15) is 15.9 Å². The van der Waals surface area contributed by atoms with Crippen molar-refractivity contribution in [1.29, 1.82) is 0 Å². The van der Waals surface area contributed by atoms with Crippen molar-refractivity contribution in [3.05, 3.63) is 65.7 Å². The van der Waals surface area contributed by atoms with E-state index in [2.05, 4.69) is 31.9 Å². The second-order valence-corrected chi connectivity index (χ2v) is 8.75. The lowest BCUT2D eigenvalue weighted by Crippen LogP contribution is -2.29. The number of hydrogen-bond donors (Lipinski definition) is 0. The summed E-state index contributed by atoms with van der Waals surface area (Å²) in [5.74, 6) is -0.358. The highest BCUT2D eigenvalue weighted by Gasteiger charge is 2.37. The highest BCUT2D eigenvalue weighted by molar-refractivity contribution is 9.25. The third kappa shape index (κ3) is 4.32. The van der Waals surface area contributed by atoms with Crippen LogP contribution in [-0.4, -0.2) is 13.4 Å². The van der Waals surface area contributed by atoms with E-state index in [1.807, 2.05) is 25.1 Å². The second-order valence-electron chi connectivity index (χ2n) is 4.34. The Hall–Kier alpha value is -0.820. The zero-order valence-electron chi connectivity index (χ0n) is 11.1. The van der Waals surface area contributed by atoms with E-state index in [1.54, 1.807) is 36.4 Å². The first-order valence-corrected chi connectivity index (χ1v) is 8.72. The van der Waals surface area contributed by atoms with Gasteiger partial charge in [-0.2, -0.15) is 0 Å². The molecule has 0 spiro atoms. The number of hydrogen-bond acceptors (Lipinski definition) is 3. The Bertz CT molecular complexity index is 654. The smallest absolute Gasteiger partial charge is 0.256 e. The molecule has 0 amide bonds. The van der Waals surface area contributed by atoms with Gasteiger partial charge in [0.05, 0.1) is 4.90 Å². The van der Waals surface area contributed by atoms with Crippen molar-refractivity contribution >= 4 is 48.7 Å². The molecule has 2 rings (SSSR count).